The van der Waals surface area contributed by atoms with Crippen LogP contribution in [-0.4, -0.2) is 46.6 Å². The van der Waals surface area contributed by atoms with Crippen LogP contribution in [0, 0.1) is 6.92 Å². The second-order valence-corrected chi connectivity index (χ2v) is 8.88. The second-order valence-electron chi connectivity index (χ2n) is 8.88. The van der Waals surface area contributed by atoms with Gasteiger partial charge in [0.1, 0.15) is 17.4 Å². The first kappa shape index (κ1) is 23.6. The molecule has 1 aliphatic heterocycles. The van der Waals surface area contributed by atoms with Crippen molar-refractivity contribution in [2.45, 2.75) is 51.6 Å². The van der Waals surface area contributed by atoms with Crippen LogP contribution in [0.4, 0.5) is 13.2 Å². The van der Waals surface area contributed by atoms with Crippen LogP contribution in [0.25, 0.3) is 11.3 Å². The van der Waals surface area contributed by atoms with E-state index in [4.69, 9.17) is 13.9 Å². The summed E-state index contributed by atoms with van der Waals surface area (Å²) >= 11 is 0. The number of hydrogen-bond acceptors (Lipinski definition) is 6. The third kappa shape index (κ3) is 4.70. The number of ether oxygens (including phenoxy) is 2. The van der Waals surface area contributed by atoms with E-state index in [1.807, 2.05) is 6.92 Å². The molecular weight excluding hydrogens is 465 g/mol. The van der Waals surface area contributed by atoms with Crippen LogP contribution >= 0.6 is 0 Å². The molecule has 5 rings (SSSR count). The minimum absolute atomic E-state index is 0.0249. The molecule has 0 saturated carbocycles. The Balaban J connectivity index is 1.48. The first-order chi connectivity index (χ1) is 16.7. The molecule has 0 aromatic carbocycles. The topological polar surface area (TPSA) is 91.4 Å². The number of alkyl halides is 3. The minimum atomic E-state index is -4.81. The van der Waals surface area contributed by atoms with Gasteiger partial charge >= 0.3 is 6.18 Å². The SMILES string of the molecule is Cc1cccc(CNC(=O)c2oc3c(c2C(F)(F)F)-c2nn(C[C@H]4COCCO4)cc2[C@H](C)C3)n1. The number of hydrogen-bond donors (Lipinski definition) is 1. The summed E-state index contributed by atoms with van der Waals surface area (Å²) in [5.41, 5.74) is 0.875. The van der Waals surface area contributed by atoms with Crippen molar-refractivity contribution in [2.75, 3.05) is 19.8 Å². The van der Waals surface area contributed by atoms with E-state index >= 15 is 0 Å². The van der Waals surface area contributed by atoms with E-state index in [9.17, 15) is 18.0 Å². The number of fused-ring (bicyclic) bond motifs is 3. The number of furan rings is 1. The number of carbonyl (C=O) groups is 1. The van der Waals surface area contributed by atoms with Crippen molar-refractivity contribution in [2.24, 2.45) is 0 Å². The smallest absolute Gasteiger partial charge is 0.420 e. The molecule has 3 aromatic rings. The molecule has 2 atom stereocenters. The number of halogens is 3. The summed E-state index contributed by atoms with van der Waals surface area (Å²) in [4.78, 5) is 17.1. The van der Waals surface area contributed by atoms with E-state index in [0.717, 1.165) is 5.69 Å². The molecule has 0 spiro atoms. The molecule has 4 heterocycles. The van der Waals surface area contributed by atoms with Crippen molar-refractivity contribution in [1.82, 2.24) is 20.1 Å². The van der Waals surface area contributed by atoms with Crippen molar-refractivity contribution in [3.8, 4) is 11.3 Å². The zero-order valence-corrected chi connectivity index (χ0v) is 19.3. The quantitative estimate of drug-likeness (QED) is 0.584. The van der Waals surface area contributed by atoms with Crippen LogP contribution in [0.2, 0.25) is 0 Å². The van der Waals surface area contributed by atoms with E-state index in [0.29, 0.717) is 37.6 Å². The molecule has 2 aliphatic rings. The summed E-state index contributed by atoms with van der Waals surface area (Å²) in [7, 11) is 0. The predicted octanol–water partition coefficient (Wildman–Crippen LogP) is 3.87. The lowest BCUT2D eigenvalue weighted by Crippen LogP contribution is -2.32. The molecule has 35 heavy (non-hydrogen) atoms. The summed E-state index contributed by atoms with van der Waals surface area (Å²) < 4.78 is 61.1. The Hall–Kier alpha value is -3.18. The monoisotopic (exact) mass is 490 g/mol. The Labute approximate surface area is 199 Å². The molecule has 1 fully saturated rings. The number of carbonyl (C=O) groups excluding carboxylic acids is 1. The predicted molar refractivity (Wildman–Crippen MR) is 118 cm³/mol. The van der Waals surface area contributed by atoms with Gasteiger partial charge in [0, 0.05) is 23.9 Å². The van der Waals surface area contributed by atoms with Gasteiger partial charge in [0.05, 0.1) is 49.9 Å². The Morgan fingerprint density at radius 3 is 2.83 bits per heavy atom. The van der Waals surface area contributed by atoms with Gasteiger partial charge in [-0.3, -0.25) is 14.5 Å². The van der Waals surface area contributed by atoms with Crippen LogP contribution in [-0.2, 0) is 35.2 Å². The average molecular weight is 490 g/mol. The van der Waals surface area contributed by atoms with Crippen molar-refractivity contribution >= 4 is 5.91 Å². The number of aromatic nitrogens is 3. The number of nitrogens with zero attached hydrogens (tertiary/aromatic N) is 3. The molecule has 1 amide bonds. The maximum absolute atomic E-state index is 14.3. The Morgan fingerprint density at radius 2 is 2.11 bits per heavy atom. The number of nitrogens with one attached hydrogen (secondary N) is 1. The highest BCUT2D eigenvalue weighted by Crippen LogP contribution is 2.48. The van der Waals surface area contributed by atoms with Crippen LogP contribution in [0.1, 0.15) is 51.7 Å². The van der Waals surface area contributed by atoms with Gasteiger partial charge in [0.15, 0.2) is 0 Å². The number of pyridine rings is 1. The Kier molecular flexibility index (Phi) is 6.14. The Morgan fingerprint density at radius 1 is 1.29 bits per heavy atom. The van der Waals surface area contributed by atoms with Crippen molar-refractivity contribution in [1.29, 1.82) is 0 Å². The second kappa shape index (κ2) is 9.12. The van der Waals surface area contributed by atoms with Crippen LogP contribution in [0.15, 0.2) is 28.8 Å². The summed E-state index contributed by atoms with van der Waals surface area (Å²) in [6, 6.07) is 5.24. The highest BCUT2D eigenvalue weighted by Gasteiger charge is 2.46. The lowest BCUT2D eigenvalue weighted by Gasteiger charge is -2.22. The average Bonchev–Trinajstić information content (AvgIpc) is 3.40. The van der Waals surface area contributed by atoms with E-state index in [1.54, 1.807) is 36.0 Å². The first-order valence-corrected chi connectivity index (χ1v) is 11.4. The molecule has 0 radical (unpaired) electrons. The normalized spacial score (nSPS) is 19.8. The van der Waals surface area contributed by atoms with Gasteiger partial charge in [-0.05, 0) is 25.0 Å². The molecule has 11 heteroatoms. The van der Waals surface area contributed by atoms with Gasteiger partial charge < -0.3 is 19.2 Å². The van der Waals surface area contributed by atoms with Crippen molar-refractivity contribution in [3.63, 3.8) is 0 Å². The fourth-order valence-electron chi connectivity index (χ4n) is 4.58. The zero-order valence-electron chi connectivity index (χ0n) is 19.3. The summed E-state index contributed by atoms with van der Waals surface area (Å²) in [6.45, 7) is 5.38. The molecule has 1 saturated heterocycles. The molecule has 1 N–H and O–H groups in total. The van der Waals surface area contributed by atoms with Gasteiger partial charge in [-0.2, -0.15) is 18.3 Å². The molecule has 186 valence electrons. The lowest BCUT2D eigenvalue weighted by molar-refractivity contribution is -0.137. The third-order valence-corrected chi connectivity index (χ3v) is 6.17. The zero-order chi connectivity index (χ0) is 24.7. The standard InChI is InChI=1S/C24H25F3N4O4/c1-13-8-18-19(21-17(13)11-31(30-21)10-16-12-33-6-7-34-16)20(24(25,26)27)22(35-18)23(32)28-9-15-5-3-4-14(2)29-15/h3-5,11,13,16H,6-10,12H2,1-2H3,(H,28,32)/t13-,16+/m1/s1. The van der Waals surface area contributed by atoms with Gasteiger partial charge in [-0.15, -0.1) is 0 Å². The number of amides is 1. The highest BCUT2D eigenvalue weighted by atomic mass is 19.4. The molecule has 3 aromatic heterocycles. The minimum Gasteiger partial charge on any atom is -0.455 e. The first-order valence-electron chi connectivity index (χ1n) is 11.4. The van der Waals surface area contributed by atoms with E-state index < -0.39 is 23.4 Å². The van der Waals surface area contributed by atoms with Gasteiger partial charge in [0.25, 0.3) is 5.91 Å². The molecule has 8 nitrogen and oxygen atoms in total. The van der Waals surface area contributed by atoms with Gasteiger partial charge in [-0.1, -0.05) is 13.0 Å². The Bertz CT molecular complexity index is 1240. The third-order valence-electron chi connectivity index (χ3n) is 6.17. The fraction of sp³-hybridized carbons (Fsp3) is 0.458. The highest BCUT2D eigenvalue weighted by molar-refractivity contribution is 5.96. The van der Waals surface area contributed by atoms with Crippen molar-refractivity contribution < 1.29 is 31.9 Å². The number of rotatable bonds is 5. The summed E-state index contributed by atoms with van der Waals surface area (Å²) in [6.07, 6.45) is -3.07. The maximum atomic E-state index is 14.3. The molecule has 0 bridgehead atoms. The number of aryl methyl sites for hydroxylation is 1. The van der Waals surface area contributed by atoms with Crippen LogP contribution in [0.3, 0.4) is 0 Å². The van der Waals surface area contributed by atoms with E-state index in [1.165, 1.54) is 0 Å². The molecule has 0 unspecified atom stereocenters. The van der Waals surface area contributed by atoms with Gasteiger partial charge in [-0.25, -0.2) is 0 Å². The molecular formula is C24H25F3N4O4. The van der Waals surface area contributed by atoms with Crippen LogP contribution in [0.5, 0.6) is 0 Å². The maximum Gasteiger partial charge on any atom is 0.420 e. The van der Waals surface area contributed by atoms with Gasteiger partial charge in [0.2, 0.25) is 5.76 Å². The van der Waals surface area contributed by atoms with E-state index in [-0.39, 0.29) is 42.0 Å². The van der Waals surface area contributed by atoms with E-state index in [2.05, 4.69) is 15.4 Å². The molecule has 1 aliphatic carbocycles. The lowest BCUT2D eigenvalue weighted by atomic mass is 9.86. The summed E-state index contributed by atoms with van der Waals surface area (Å²) in [5.74, 6) is -1.72. The summed E-state index contributed by atoms with van der Waals surface area (Å²) in [5, 5.41) is 6.97. The van der Waals surface area contributed by atoms with Crippen LogP contribution < -0.4 is 5.32 Å². The largest absolute Gasteiger partial charge is 0.455 e. The fourth-order valence-corrected chi connectivity index (χ4v) is 4.58. The van der Waals surface area contributed by atoms with Crippen molar-refractivity contribution in [3.05, 3.63) is 58.4 Å².